The summed E-state index contributed by atoms with van der Waals surface area (Å²) in [7, 11) is 1.49. The van der Waals surface area contributed by atoms with Gasteiger partial charge < -0.3 is 24.6 Å². The van der Waals surface area contributed by atoms with Crippen molar-refractivity contribution in [3.63, 3.8) is 0 Å². The van der Waals surface area contributed by atoms with E-state index < -0.39 is 23.7 Å². The Morgan fingerprint density at radius 2 is 1.74 bits per heavy atom. The van der Waals surface area contributed by atoms with Crippen LogP contribution >= 0.6 is 0 Å². The Morgan fingerprint density at radius 3 is 2.44 bits per heavy atom. The molecule has 4 rings (SSSR count). The number of hydrogen-bond acceptors (Lipinski definition) is 7. The van der Waals surface area contributed by atoms with E-state index in [1.54, 1.807) is 24.8 Å². The van der Waals surface area contributed by atoms with Crippen LogP contribution in [-0.2, 0) is 9.47 Å². The van der Waals surface area contributed by atoms with E-state index in [-0.39, 0.29) is 55.8 Å². The van der Waals surface area contributed by atoms with Crippen molar-refractivity contribution in [1.29, 1.82) is 0 Å². The Labute approximate surface area is 225 Å². The average Bonchev–Trinajstić information content (AvgIpc) is 2.93. The van der Waals surface area contributed by atoms with Gasteiger partial charge in [0.05, 0.1) is 18.0 Å². The lowest BCUT2D eigenvalue weighted by Crippen LogP contribution is -2.56. The van der Waals surface area contributed by atoms with Crippen molar-refractivity contribution in [3.8, 4) is 11.4 Å². The third-order valence-electron chi connectivity index (χ3n) is 6.34. The Kier molecular flexibility index (Phi) is 8.82. The van der Waals surface area contributed by atoms with Gasteiger partial charge in [0.25, 0.3) is 5.91 Å². The molecule has 1 aliphatic heterocycles. The standard InChI is InChI=1S/C28H30FN5O5/c1-18-17-33(13-14-34(18)28(37)31-22-12-8-7-11-21(22)29)26(35)24-23(27(36)39-16-15-38-3)19(2)30-25(32-24)20-9-5-4-6-10-20/h4-12,18H,13-17H2,1-3H3,(H,31,37). The summed E-state index contributed by atoms with van der Waals surface area (Å²) in [6, 6.07) is 14.2. The number of esters is 1. The topological polar surface area (TPSA) is 114 Å². The summed E-state index contributed by atoms with van der Waals surface area (Å²) in [5, 5.41) is 2.58. The lowest BCUT2D eigenvalue weighted by atomic mass is 10.1. The Morgan fingerprint density at radius 1 is 1.03 bits per heavy atom. The van der Waals surface area contributed by atoms with E-state index in [1.807, 2.05) is 30.3 Å². The Bertz CT molecular complexity index is 1350. The van der Waals surface area contributed by atoms with Crippen LogP contribution in [-0.4, -0.2) is 83.7 Å². The number of aryl methyl sites for hydroxylation is 1. The highest BCUT2D eigenvalue weighted by Crippen LogP contribution is 2.23. The third kappa shape index (κ3) is 6.37. The number of halogens is 1. The van der Waals surface area contributed by atoms with E-state index in [2.05, 4.69) is 15.3 Å². The zero-order chi connectivity index (χ0) is 27.9. The molecule has 204 valence electrons. The summed E-state index contributed by atoms with van der Waals surface area (Å²) in [4.78, 5) is 51.7. The van der Waals surface area contributed by atoms with Crippen molar-refractivity contribution in [3.05, 3.63) is 77.4 Å². The fraction of sp³-hybridized carbons (Fsp3) is 0.321. The number of para-hydroxylation sites is 1. The molecule has 2 heterocycles. The molecule has 1 fully saturated rings. The highest BCUT2D eigenvalue weighted by atomic mass is 19.1. The number of anilines is 1. The number of carbonyl (C=O) groups excluding carboxylic acids is 3. The third-order valence-corrected chi connectivity index (χ3v) is 6.34. The summed E-state index contributed by atoms with van der Waals surface area (Å²) < 4.78 is 24.3. The maximum Gasteiger partial charge on any atom is 0.342 e. The number of rotatable bonds is 7. The summed E-state index contributed by atoms with van der Waals surface area (Å²) in [5.41, 5.74) is 1.00. The van der Waals surface area contributed by atoms with Gasteiger partial charge in [-0.05, 0) is 26.0 Å². The van der Waals surface area contributed by atoms with Crippen LogP contribution < -0.4 is 5.32 Å². The van der Waals surface area contributed by atoms with Crippen LogP contribution in [0.1, 0.15) is 33.5 Å². The molecule has 1 aromatic heterocycles. The van der Waals surface area contributed by atoms with Gasteiger partial charge in [0.1, 0.15) is 23.7 Å². The number of benzene rings is 2. The molecule has 0 aliphatic carbocycles. The van der Waals surface area contributed by atoms with Gasteiger partial charge in [-0.2, -0.15) is 0 Å². The second-order valence-electron chi connectivity index (χ2n) is 9.05. The predicted molar refractivity (Wildman–Crippen MR) is 142 cm³/mol. The number of nitrogens with one attached hydrogen (secondary N) is 1. The Hall–Kier alpha value is -4.38. The van der Waals surface area contributed by atoms with Gasteiger partial charge in [-0.1, -0.05) is 42.5 Å². The van der Waals surface area contributed by atoms with Crippen LogP contribution in [0.25, 0.3) is 11.4 Å². The number of urea groups is 1. The van der Waals surface area contributed by atoms with E-state index >= 15 is 0 Å². The van der Waals surface area contributed by atoms with Crippen molar-refractivity contribution >= 4 is 23.6 Å². The van der Waals surface area contributed by atoms with Crippen LogP contribution in [0.2, 0.25) is 0 Å². The smallest absolute Gasteiger partial charge is 0.342 e. The molecule has 1 aliphatic rings. The molecule has 10 nitrogen and oxygen atoms in total. The maximum absolute atomic E-state index is 14.0. The summed E-state index contributed by atoms with van der Waals surface area (Å²) >= 11 is 0. The molecule has 1 N–H and O–H groups in total. The number of aromatic nitrogens is 2. The van der Waals surface area contributed by atoms with Crippen LogP contribution in [0, 0.1) is 12.7 Å². The van der Waals surface area contributed by atoms with E-state index in [9.17, 15) is 18.8 Å². The predicted octanol–water partition coefficient (Wildman–Crippen LogP) is 3.77. The molecule has 11 heteroatoms. The van der Waals surface area contributed by atoms with Gasteiger partial charge in [0.2, 0.25) is 0 Å². The first-order valence-electron chi connectivity index (χ1n) is 12.5. The van der Waals surface area contributed by atoms with E-state index in [1.165, 1.54) is 30.2 Å². The molecule has 1 atom stereocenters. The molecule has 3 amide bonds. The summed E-state index contributed by atoms with van der Waals surface area (Å²) in [6.07, 6.45) is 0. The molecule has 2 aromatic carbocycles. The quantitative estimate of drug-likeness (QED) is 0.362. The molecule has 0 spiro atoms. The molecule has 39 heavy (non-hydrogen) atoms. The van der Waals surface area contributed by atoms with Crippen molar-refractivity contribution in [2.24, 2.45) is 0 Å². The second kappa shape index (κ2) is 12.4. The maximum atomic E-state index is 14.0. The van der Waals surface area contributed by atoms with Crippen LogP contribution in [0.3, 0.4) is 0 Å². The largest absolute Gasteiger partial charge is 0.460 e. The van der Waals surface area contributed by atoms with Crippen LogP contribution in [0.15, 0.2) is 54.6 Å². The first-order chi connectivity index (χ1) is 18.8. The second-order valence-corrected chi connectivity index (χ2v) is 9.05. The number of nitrogens with zero attached hydrogens (tertiary/aromatic N) is 4. The molecule has 1 unspecified atom stereocenters. The molecule has 3 aromatic rings. The molecule has 0 saturated carbocycles. The first kappa shape index (κ1) is 27.6. The number of hydrogen-bond donors (Lipinski definition) is 1. The number of methoxy groups -OCH3 is 1. The average molecular weight is 536 g/mol. The van der Waals surface area contributed by atoms with Crippen molar-refractivity contribution in [1.82, 2.24) is 19.8 Å². The minimum Gasteiger partial charge on any atom is -0.460 e. The lowest BCUT2D eigenvalue weighted by Gasteiger charge is -2.39. The minimum atomic E-state index is -0.719. The number of piperazine rings is 1. The SMILES string of the molecule is COCCOC(=O)c1c(C)nc(-c2ccccc2)nc1C(=O)N1CCN(C(=O)Nc2ccccc2F)C(C)C1. The number of carbonyl (C=O) groups is 3. The van der Waals surface area contributed by atoms with E-state index in [0.717, 1.165) is 0 Å². The van der Waals surface area contributed by atoms with Gasteiger partial charge in [0, 0.05) is 38.3 Å². The fourth-order valence-corrected chi connectivity index (χ4v) is 4.32. The molecule has 1 saturated heterocycles. The van der Waals surface area contributed by atoms with Gasteiger partial charge in [0.15, 0.2) is 5.82 Å². The number of ether oxygens (including phenoxy) is 2. The highest BCUT2D eigenvalue weighted by Gasteiger charge is 2.34. The Balaban J connectivity index is 1.57. The zero-order valence-electron chi connectivity index (χ0n) is 22.0. The number of amides is 3. The molecular formula is C28H30FN5O5. The van der Waals surface area contributed by atoms with Crippen molar-refractivity contribution < 1.29 is 28.2 Å². The van der Waals surface area contributed by atoms with E-state index in [0.29, 0.717) is 17.1 Å². The molecule has 0 bridgehead atoms. The normalized spacial score (nSPS) is 15.1. The monoisotopic (exact) mass is 535 g/mol. The van der Waals surface area contributed by atoms with Gasteiger partial charge >= 0.3 is 12.0 Å². The van der Waals surface area contributed by atoms with Gasteiger partial charge in [-0.25, -0.2) is 23.9 Å². The fourth-order valence-electron chi connectivity index (χ4n) is 4.32. The van der Waals surface area contributed by atoms with Crippen molar-refractivity contribution in [2.45, 2.75) is 19.9 Å². The summed E-state index contributed by atoms with van der Waals surface area (Å²) in [6.45, 7) is 4.21. The summed E-state index contributed by atoms with van der Waals surface area (Å²) in [5.74, 6) is -1.42. The van der Waals surface area contributed by atoms with Crippen LogP contribution in [0.4, 0.5) is 14.9 Å². The first-order valence-corrected chi connectivity index (χ1v) is 12.5. The minimum absolute atomic E-state index is 0.00959. The van der Waals surface area contributed by atoms with E-state index in [4.69, 9.17) is 9.47 Å². The van der Waals surface area contributed by atoms with Crippen molar-refractivity contribution in [2.75, 3.05) is 45.3 Å². The molecule has 0 radical (unpaired) electrons. The zero-order valence-corrected chi connectivity index (χ0v) is 22.0. The lowest BCUT2D eigenvalue weighted by molar-refractivity contribution is 0.0378. The van der Waals surface area contributed by atoms with Gasteiger partial charge in [-0.3, -0.25) is 4.79 Å². The van der Waals surface area contributed by atoms with Gasteiger partial charge in [-0.15, -0.1) is 0 Å². The van der Waals surface area contributed by atoms with Crippen LogP contribution in [0.5, 0.6) is 0 Å². The molecular weight excluding hydrogens is 505 g/mol. The highest BCUT2D eigenvalue weighted by molar-refractivity contribution is 6.05.